The number of hydrogen-bond acceptors (Lipinski definition) is 0. The van der Waals surface area contributed by atoms with Crippen LogP contribution >= 0.6 is 0 Å². The molecule has 0 N–H and O–H groups in total. The molecule has 0 spiro atoms. The van der Waals surface area contributed by atoms with Gasteiger partial charge >= 0.3 is 0 Å². The van der Waals surface area contributed by atoms with Gasteiger partial charge in [0.05, 0.1) is 0 Å². The lowest BCUT2D eigenvalue weighted by Crippen LogP contribution is -1.85. The van der Waals surface area contributed by atoms with Crippen molar-refractivity contribution in [3.63, 3.8) is 0 Å². The van der Waals surface area contributed by atoms with Gasteiger partial charge in [0.1, 0.15) is 0 Å². The summed E-state index contributed by atoms with van der Waals surface area (Å²) in [6, 6.07) is 17.7. The van der Waals surface area contributed by atoms with Gasteiger partial charge in [0, 0.05) is 0 Å². The molecule has 0 fully saturated rings. The van der Waals surface area contributed by atoms with Crippen LogP contribution in [-0.2, 0) is 0 Å². The van der Waals surface area contributed by atoms with Gasteiger partial charge < -0.3 is 0 Å². The molecule has 86 valence electrons. The first-order valence-corrected chi connectivity index (χ1v) is 6.40. The number of benzene rings is 3. The molecule has 0 atom stereocenters. The Morgan fingerprint density at radius 3 is 1.61 bits per heavy atom. The summed E-state index contributed by atoms with van der Waals surface area (Å²) in [5.41, 5.74) is 8.42. The summed E-state index contributed by atoms with van der Waals surface area (Å²) in [5, 5.41) is 2.77. The van der Waals surface area contributed by atoms with Crippen molar-refractivity contribution >= 4 is 10.8 Å². The zero-order valence-electron chi connectivity index (χ0n) is 10.6. The smallest absolute Gasteiger partial charge is 0.00262 e. The second-order valence-electron chi connectivity index (χ2n) is 5.16. The third-order valence-electron chi connectivity index (χ3n) is 4.07. The predicted octanol–water partition coefficient (Wildman–Crippen LogP) is 5.10. The van der Waals surface area contributed by atoms with Crippen molar-refractivity contribution in [1.82, 2.24) is 0 Å². The highest BCUT2D eigenvalue weighted by Crippen LogP contribution is 2.49. The first kappa shape index (κ1) is 9.90. The van der Waals surface area contributed by atoms with Gasteiger partial charge in [-0.15, -0.1) is 0 Å². The van der Waals surface area contributed by atoms with E-state index in [1.54, 1.807) is 0 Å². The van der Waals surface area contributed by atoms with Gasteiger partial charge in [-0.2, -0.15) is 0 Å². The summed E-state index contributed by atoms with van der Waals surface area (Å²) >= 11 is 0. The van der Waals surface area contributed by atoms with E-state index in [1.165, 1.54) is 44.2 Å². The largest absolute Gasteiger partial charge is 0.0610 e. The Balaban J connectivity index is 2.31. The summed E-state index contributed by atoms with van der Waals surface area (Å²) in [5.74, 6) is 0. The number of hydrogen-bond donors (Lipinski definition) is 0. The second kappa shape index (κ2) is 3.23. The third-order valence-corrected chi connectivity index (χ3v) is 4.07. The molecule has 1 aliphatic carbocycles. The van der Waals surface area contributed by atoms with Crippen LogP contribution in [0.5, 0.6) is 0 Å². The van der Waals surface area contributed by atoms with Gasteiger partial charge in [-0.05, 0) is 58.0 Å². The number of fused-ring (bicyclic) bond motifs is 3. The fourth-order valence-corrected chi connectivity index (χ4v) is 3.26. The molecule has 0 radical (unpaired) electrons. The molecule has 18 heavy (non-hydrogen) atoms. The summed E-state index contributed by atoms with van der Waals surface area (Å²) in [6.45, 7) is 4.42. The predicted molar refractivity (Wildman–Crippen MR) is 77.9 cm³/mol. The Labute approximate surface area is 107 Å². The second-order valence-corrected chi connectivity index (χ2v) is 5.16. The first-order chi connectivity index (χ1) is 8.77. The first-order valence-electron chi connectivity index (χ1n) is 6.40. The van der Waals surface area contributed by atoms with Crippen molar-refractivity contribution in [2.24, 2.45) is 0 Å². The maximum atomic E-state index is 2.25. The summed E-state index contributed by atoms with van der Waals surface area (Å²) in [6.07, 6.45) is 0. The van der Waals surface area contributed by atoms with E-state index in [0.29, 0.717) is 0 Å². The summed E-state index contributed by atoms with van der Waals surface area (Å²) in [4.78, 5) is 0. The minimum absolute atomic E-state index is 1.35. The van der Waals surface area contributed by atoms with E-state index >= 15 is 0 Å². The van der Waals surface area contributed by atoms with Crippen LogP contribution in [-0.4, -0.2) is 0 Å². The van der Waals surface area contributed by atoms with Crippen LogP contribution in [0.25, 0.3) is 33.0 Å². The Morgan fingerprint density at radius 2 is 1.11 bits per heavy atom. The standard InChI is InChI=1S/C18H14/c1-11-9-10-12(2)17-15-8-4-6-13-5-3-7-14(16(11)17)18(13)15/h3-10H,1-2H3. The quantitative estimate of drug-likeness (QED) is 0.394. The van der Waals surface area contributed by atoms with Crippen LogP contribution in [0.3, 0.4) is 0 Å². The average molecular weight is 230 g/mol. The molecule has 3 aromatic rings. The van der Waals surface area contributed by atoms with Gasteiger partial charge in [-0.3, -0.25) is 0 Å². The Hall–Kier alpha value is -2.08. The van der Waals surface area contributed by atoms with Gasteiger partial charge in [-0.25, -0.2) is 0 Å². The molecule has 4 rings (SSSR count). The molecular weight excluding hydrogens is 216 g/mol. The van der Waals surface area contributed by atoms with Gasteiger partial charge in [0.2, 0.25) is 0 Å². The van der Waals surface area contributed by atoms with E-state index in [2.05, 4.69) is 62.4 Å². The van der Waals surface area contributed by atoms with Crippen molar-refractivity contribution in [2.45, 2.75) is 13.8 Å². The fraction of sp³-hybridized carbons (Fsp3) is 0.111. The van der Waals surface area contributed by atoms with E-state index in [4.69, 9.17) is 0 Å². The Morgan fingerprint density at radius 1 is 0.611 bits per heavy atom. The van der Waals surface area contributed by atoms with Gasteiger partial charge in [-0.1, -0.05) is 48.5 Å². The zero-order valence-corrected chi connectivity index (χ0v) is 10.6. The van der Waals surface area contributed by atoms with Crippen LogP contribution in [0.2, 0.25) is 0 Å². The van der Waals surface area contributed by atoms with E-state index in [0.717, 1.165) is 0 Å². The topological polar surface area (TPSA) is 0 Å². The van der Waals surface area contributed by atoms with Crippen molar-refractivity contribution in [3.8, 4) is 22.3 Å². The summed E-state index contributed by atoms with van der Waals surface area (Å²) in [7, 11) is 0. The number of aryl methyl sites for hydroxylation is 2. The van der Waals surface area contributed by atoms with Crippen LogP contribution in [0.4, 0.5) is 0 Å². The van der Waals surface area contributed by atoms with Crippen LogP contribution in [0.1, 0.15) is 11.1 Å². The van der Waals surface area contributed by atoms with Crippen molar-refractivity contribution in [3.05, 3.63) is 59.7 Å². The minimum atomic E-state index is 1.35. The average Bonchev–Trinajstić information content (AvgIpc) is 2.73. The normalized spacial score (nSPS) is 11.9. The lowest BCUT2D eigenvalue weighted by Gasteiger charge is -2.08. The molecule has 0 unspecified atom stereocenters. The fourth-order valence-electron chi connectivity index (χ4n) is 3.26. The molecule has 0 bridgehead atoms. The molecule has 0 heterocycles. The lowest BCUT2D eigenvalue weighted by molar-refractivity contribution is 1.41. The third kappa shape index (κ3) is 1.06. The highest BCUT2D eigenvalue weighted by atomic mass is 14.3. The van der Waals surface area contributed by atoms with Crippen LogP contribution < -0.4 is 0 Å². The summed E-state index contributed by atoms with van der Waals surface area (Å²) < 4.78 is 0. The molecule has 0 nitrogen and oxygen atoms in total. The minimum Gasteiger partial charge on any atom is -0.0610 e. The molecule has 1 aliphatic rings. The van der Waals surface area contributed by atoms with Crippen molar-refractivity contribution < 1.29 is 0 Å². The SMILES string of the molecule is Cc1ccc(C)c2c1-c1cccc3cccc-2c13. The Kier molecular flexibility index (Phi) is 1.78. The van der Waals surface area contributed by atoms with Crippen molar-refractivity contribution in [1.29, 1.82) is 0 Å². The highest BCUT2D eigenvalue weighted by molar-refractivity contribution is 6.16. The molecule has 0 aromatic heterocycles. The van der Waals surface area contributed by atoms with Gasteiger partial charge in [0.15, 0.2) is 0 Å². The molecule has 3 aromatic carbocycles. The Bertz CT molecular complexity index is 731. The van der Waals surface area contributed by atoms with E-state index < -0.39 is 0 Å². The maximum absolute atomic E-state index is 2.25. The van der Waals surface area contributed by atoms with E-state index in [9.17, 15) is 0 Å². The lowest BCUT2D eigenvalue weighted by atomic mass is 9.95. The molecular formula is C18H14. The van der Waals surface area contributed by atoms with E-state index in [-0.39, 0.29) is 0 Å². The van der Waals surface area contributed by atoms with Crippen LogP contribution in [0.15, 0.2) is 48.5 Å². The monoisotopic (exact) mass is 230 g/mol. The number of rotatable bonds is 0. The molecule has 0 saturated carbocycles. The van der Waals surface area contributed by atoms with Crippen molar-refractivity contribution in [2.75, 3.05) is 0 Å². The van der Waals surface area contributed by atoms with Gasteiger partial charge in [0.25, 0.3) is 0 Å². The maximum Gasteiger partial charge on any atom is -0.00262 e. The molecule has 0 amide bonds. The molecule has 0 heteroatoms. The molecule has 0 saturated heterocycles. The zero-order chi connectivity index (χ0) is 12.3. The molecule has 0 aliphatic heterocycles. The highest BCUT2D eigenvalue weighted by Gasteiger charge is 2.23. The van der Waals surface area contributed by atoms with Crippen LogP contribution in [0, 0.1) is 13.8 Å². The van der Waals surface area contributed by atoms with E-state index in [1.807, 2.05) is 0 Å².